The smallest absolute Gasteiger partial charge is 0.247 e. The number of amides is 2. The SMILES string of the molecule is O=C(/C=C/c1ccccc1)N(CC(=O)N(Cc1ccccc1)Cc1cccs1)CC1CCCO1. The lowest BCUT2D eigenvalue weighted by Gasteiger charge is -2.28. The number of carbonyl (C=O) groups is 2. The Morgan fingerprint density at radius 3 is 2.38 bits per heavy atom. The second kappa shape index (κ2) is 12.3. The molecular formula is C28H30N2O3S. The summed E-state index contributed by atoms with van der Waals surface area (Å²) < 4.78 is 5.78. The third kappa shape index (κ3) is 7.14. The topological polar surface area (TPSA) is 49.9 Å². The monoisotopic (exact) mass is 474 g/mol. The molecule has 0 bridgehead atoms. The molecule has 176 valence electrons. The normalized spacial score (nSPS) is 15.5. The molecule has 6 heteroatoms. The number of hydrogen-bond acceptors (Lipinski definition) is 4. The van der Waals surface area contributed by atoms with Crippen LogP contribution in [0.15, 0.2) is 84.3 Å². The summed E-state index contributed by atoms with van der Waals surface area (Å²) in [6.45, 7) is 2.17. The van der Waals surface area contributed by atoms with Crippen molar-refractivity contribution < 1.29 is 14.3 Å². The molecule has 0 radical (unpaired) electrons. The first-order valence-electron chi connectivity index (χ1n) is 11.6. The Hall–Kier alpha value is -3.22. The van der Waals surface area contributed by atoms with Gasteiger partial charge >= 0.3 is 0 Å². The highest BCUT2D eigenvalue weighted by molar-refractivity contribution is 7.09. The van der Waals surface area contributed by atoms with Crippen LogP contribution in [0.25, 0.3) is 6.08 Å². The molecule has 0 aliphatic carbocycles. The van der Waals surface area contributed by atoms with Crippen LogP contribution in [-0.2, 0) is 27.4 Å². The van der Waals surface area contributed by atoms with E-state index in [0.717, 1.165) is 28.8 Å². The maximum absolute atomic E-state index is 13.5. The Labute approximate surface area is 205 Å². The number of benzene rings is 2. The quantitative estimate of drug-likeness (QED) is 0.389. The summed E-state index contributed by atoms with van der Waals surface area (Å²) in [6, 6.07) is 23.7. The first-order valence-corrected chi connectivity index (χ1v) is 12.5. The van der Waals surface area contributed by atoms with Crippen molar-refractivity contribution in [2.45, 2.75) is 32.0 Å². The van der Waals surface area contributed by atoms with Gasteiger partial charge in [-0.1, -0.05) is 66.7 Å². The summed E-state index contributed by atoms with van der Waals surface area (Å²) in [5.74, 6) is -0.250. The first-order chi connectivity index (χ1) is 16.7. The minimum Gasteiger partial charge on any atom is -0.376 e. The van der Waals surface area contributed by atoms with Gasteiger partial charge in [-0.2, -0.15) is 0 Å². The van der Waals surface area contributed by atoms with Crippen LogP contribution in [0.5, 0.6) is 0 Å². The van der Waals surface area contributed by atoms with E-state index in [-0.39, 0.29) is 24.5 Å². The molecule has 4 rings (SSSR count). The molecule has 5 nitrogen and oxygen atoms in total. The summed E-state index contributed by atoms with van der Waals surface area (Å²) >= 11 is 1.63. The molecule has 1 aliphatic heterocycles. The van der Waals surface area contributed by atoms with Crippen LogP contribution in [0.4, 0.5) is 0 Å². The standard InChI is InChI=1S/C28H30N2O3S/c31-27(16-15-23-9-3-1-4-10-23)30(20-25-13-7-17-33-25)22-28(32)29(21-26-14-8-18-34-26)19-24-11-5-2-6-12-24/h1-6,8-12,14-16,18,25H,7,13,17,19-22H2/b16-15+. The number of carbonyl (C=O) groups excluding carboxylic acids is 2. The maximum Gasteiger partial charge on any atom is 0.247 e. The summed E-state index contributed by atoms with van der Waals surface area (Å²) in [4.78, 5) is 31.2. The number of ether oxygens (including phenoxy) is 1. The van der Waals surface area contributed by atoms with Crippen molar-refractivity contribution in [3.05, 3.63) is 100 Å². The second-order valence-corrected chi connectivity index (χ2v) is 9.44. The number of hydrogen-bond donors (Lipinski definition) is 0. The van der Waals surface area contributed by atoms with Crippen molar-refractivity contribution in [2.24, 2.45) is 0 Å². The third-order valence-corrected chi connectivity index (χ3v) is 6.66. The molecule has 0 spiro atoms. The molecule has 2 aromatic carbocycles. The molecule has 3 aromatic rings. The molecule has 1 unspecified atom stereocenters. The van der Waals surface area contributed by atoms with E-state index in [1.54, 1.807) is 28.4 Å². The molecule has 1 atom stereocenters. The molecule has 2 amide bonds. The Morgan fingerprint density at radius 2 is 1.71 bits per heavy atom. The van der Waals surface area contributed by atoms with Gasteiger partial charge in [-0.3, -0.25) is 9.59 Å². The van der Waals surface area contributed by atoms with Crippen molar-refractivity contribution in [3.63, 3.8) is 0 Å². The van der Waals surface area contributed by atoms with E-state index in [0.29, 0.717) is 26.2 Å². The van der Waals surface area contributed by atoms with E-state index in [4.69, 9.17) is 4.74 Å². The van der Waals surface area contributed by atoms with E-state index in [2.05, 4.69) is 0 Å². The van der Waals surface area contributed by atoms with Crippen LogP contribution in [0.1, 0.15) is 28.8 Å². The maximum atomic E-state index is 13.5. The van der Waals surface area contributed by atoms with Crippen molar-refractivity contribution in [1.82, 2.24) is 9.80 Å². The molecule has 0 N–H and O–H groups in total. The van der Waals surface area contributed by atoms with Gasteiger partial charge in [-0.15, -0.1) is 11.3 Å². The minimum atomic E-state index is -0.177. The Balaban J connectivity index is 1.49. The molecule has 34 heavy (non-hydrogen) atoms. The van der Waals surface area contributed by atoms with Crippen molar-refractivity contribution in [3.8, 4) is 0 Å². The average molecular weight is 475 g/mol. The summed E-state index contributed by atoms with van der Waals surface area (Å²) in [5, 5.41) is 2.02. The largest absolute Gasteiger partial charge is 0.376 e. The number of rotatable bonds is 10. The van der Waals surface area contributed by atoms with E-state index < -0.39 is 0 Å². The van der Waals surface area contributed by atoms with Gasteiger partial charge in [0.2, 0.25) is 11.8 Å². The molecule has 1 aliphatic rings. The van der Waals surface area contributed by atoms with Gasteiger partial charge in [0.25, 0.3) is 0 Å². The highest BCUT2D eigenvalue weighted by Crippen LogP contribution is 2.17. The fourth-order valence-electron chi connectivity index (χ4n) is 3.99. The Kier molecular flexibility index (Phi) is 8.65. The summed E-state index contributed by atoms with van der Waals surface area (Å²) in [5.41, 5.74) is 2.01. The van der Waals surface area contributed by atoms with Gasteiger partial charge in [0.05, 0.1) is 12.6 Å². The van der Waals surface area contributed by atoms with Crippen LogP contribution in [0, 0.1) is 0 Å². The fraction of sp³-hybridized carbons (Fsp3) is 0.286. The zero-order valence-electron chi connectivity index (χ0n) is 19.2. The first kappa shape index (κ1) is 23.9. The van der Waals surface area contributed by atoms with Gasteiger partial charge in [0, 0.05) is 30.6 Å². The lowest BCUT2D eigenvalue weighted by Crippen LogP contribution is -2.44. The van der Waals surface area contributed by atoms with Gasteiger partial charge in [-0.25, -0.2) is 0 Å². The Bertz CT molecular complexity index is 1060. The highest BCUT2D eigenvalue weighted by atomic mass is 32.1. The van der Waals surface area contributed by atoms with Gasteiger partial charge in [0.1, 0.15) is 6.54 Å². The number of nitrogens with zero attached hydrogens (tertiary/aromatic N) is 2. The molecule has 1 fully saturated rings. The van der Waals surface area contributed by atoms with E-state index in [1.807, 2.05) is 83.1 Å². The van der Waals surface area contributed by atoms with Crippen molar-refractivity contribution in [1.29, 1.82) is 0 Å². The molecular weight excluding hydrogens is 444 g/mol. The van der Waals surface area contributed by atoms with Crippen LogP contribution < -0.4 is 0 Å². The zero-order valence-corrected chi connectivity index (χ0v) is 20.0. The van der Waals surface area contributed by atoms with Crippen molar-refractivity contribution in [2.75, 3.05) is 19.7 Å². The molecule has 0 saturated carbocycles. The van der Waals surface area contributed by atoms with Gasteiger partial charge < -0.3 is 14.5 Å². The van der Waals surface area contributed by atoms with Gasteiger partial charge in [-0.05, 0) is 41.5 Å². The molecule has 1 saturated heterocycles. The average Bonchev–Trinajstić information content (AvgIpc) is 3.57. The van der Waals surface area contributed by atoms with Crippen LogP contribution in [0.3, 0.4) is 0 Å². The van der Waals surface area contributed by atoms with Crippen LogP contribution in [-0.4, -0.2) is 47.4 Å². The predicted octanol–water partition coefficient (Wildman–Crippen LogP) is 5.00. The lowest BCUT2D eigenvalue weighted by molar-refractivity contribution is -0.140. The fourth-order valence-corrected chi connectivity index (χ4v) is 4.71. The van der Waals surface area contributed by atoms with E-state index in [9.17, 15) is 9.59 Å². The van der Waals surface area contributed by atoms with Crippen molar-refractivity contribution >= 4 is 29.2 Å². The van der Waals surface area contributed by atoms with Crippen LogP contribution >= 0.6 is 11.3 Å². The third-order valence-electron chi connectivity index (χ3n) is 5.80. The number of thiophene rings is 1. The Morgan fingerprint density at radius 1 is 0.941 bits per heavy atom. The lowest BCUT2D eigenvalue weighted by atomic mass is 10.2. The predicted molar refractivity (Wildman–Crippen MR) is 136 cm³/mol. The minimum absolute atomic E-state index is 0.0238. The molecule has 1 aromatic heterocycles. The van der Waals surface area contributed by atoms with Gasteiger partial charge in [0.15, 0.2) is 0 Å². The second-order valence-electron chi connectivity index (χ2n) is 8.41. The summed E-state index contributed by atoms with van der Waals surface area (Å²) in [7, 11) is 0. The summed E-state index contributed by atoms with van der Waals surface area (Å²) in [6.07, 6.45) is 5.21. The highest BCUT2D eigenvalue weighted by Gasteiger charge is 2.25. The zero-order chi connectivity index (χ0) is 23.6. The van der Waals surface area contributed by atoms with E-state index in [1.165, 1.54) is 0 Å². The van der Waals surface area contributed by atoms with Crippen LogP contribution in [0.2, 0.25) is 0 Å². The van der Waals surface area contributed by atoms with E-state index >= 15 is 0 Å². The molecule has 2 heterocycles.